The predicted molar refractivity (Wildman–Crippen MR) is 57.0 cm³/mol. The average Bonchev–Trinajstić information content (AvgIpc) is 2.73. The largest absolute Gasteiger partial charge is 0.345 e. The van der Waals surface area contributed by atoms with Crippen molar-refractivity contribution in [1.29, 1.82) is 0 Å². The number of hydrogen-bond acceptors (Lipinski definition) is 2. The minimum atomic E-state index is 0.360. The van der Waals surface area contributed by atoms with Gasteiger partial charge in [0.15, 0.2) is 0 Å². The Balaban J connectivity index is 1.87. The molecule has 1 heterocycles. The molecular formula is C11H19N3. The molecule has 2 N–H and O–H groups in total. The van der Waals surface area contributed by atoms with E-state index in [9.17, 15) is 0 Å². The summed E-state index contributed by atoms with van der Waals surface area (Å²) in [7, 11) is 0. The molecule has 0 spiro atoms. The number of rotatable bonds is 3. The lowest BCUT2D eigenvalue weighted by Crippen LogP contribution is -2.38. The summed E-state index contributed by atoms with van der Waals surface area (Å²) < 4.78 is 0. The standard InChI is InChI=1S/C11H19N3/c1-9-12-7-10(14-9)8-13-11(2)5-3-4-6-11/h7,13H,3-6,8H2,1-2H3,(H,12,14). The van der Waals surface area contributed by atoms with Gasteiger partial charge in [-0.1, -0.05) is 12.8 Å². The van der Waals surface area contributed by atoms with Crippen molar-refractivity contribution < 1.29 is 0 Å². The van der Waals surface area contributed by atoms with Gasteiger partial charge in [-0.3, -0.25) is 0 Å². The minimum Gasteiger partial charge on any atom is -0.345 e. The summed E-state index contributed by atoms with van der Waals surface area (Å²) in [5.74, 6) is 0.998. The monoisotopic (exact) mass is 193 g/mol. The lowest BCUT2D eigenvalue weighted by Gasteiger charge is -2.24. The van der Waals surface area contributed by atoms with Crippen LogP contribution in [0.2, 0.25) is 0 Å². The Morgan fingerprint density at radius 3 is 2.79 bits per heavy atom. The maximum absolute atomic E-state index is 4.19. The van der Waals surface area contributed by atoms with Gasteiger partial charge in [0.1, 0.15) is 5.82 Å². The van der Waals surface area contributed by atoms with Crippen LogP contribution in [0.1, 0.15) is 44.1 Å². The van der Waals surface area contributed by atoms with Gasteiger partial charge in [-0.25, -0.2) is 4.98 Å². The Morgan fingerprint density at radius 1 is 1.50 bits per heavy atom. The van der Waals surface area contributed by atoms with Gasteiger partial charge < -0.3 is 10.3 Å². The molecule has 1 fully saturated rings. The summed E-state index contributed by atoms with van der Waals surface area (Å²) in [6, 6.07) is 0. The van der Waals surface area contributed by atoms with Crippen molar-refractivity contribution in [3.05, 3.63) is 17.7 Å². The van der Waals surface area contributed by atoms with Gasteiger partial charge in [-0.15, -0.1) is 0 Å². The van der Waals surface area contributed by atoms with Crippen molar-refractivity contribution in [2.45, 2.75) is 51.6 Å². The second-order valence-electron chi connectivity index (χ2n) is 4.62. The molecule has 0 atom stereocenters. The molecule has 78 valence electrons. The highest BCUT2D eigenvalue weighted by molar-refractivity contribution is 5.01. The zero-order chi connectivity index (χ0) is 10.0. The van der Waals surface area contributed by atoms with E-state index in [2.05, 4.69) is 22.2 Å². The van der Waals surface area contributed by atoms with E-state index < -0.39 is 0 Å². The predicted octanol–water partition coefficient (Wildman–Crippen LogP) is 2.14. The molecule has 3 heteroatoms. The van der Waals surface area contributed by atoms with Crippen molar-refractivity contribution in [3.8, 4) is 0 Å². The normalized spacial score (nSPS) is 20.1. The van der Waals surface area contributed by atoms with Gasteiger partial charge in [-0.2, -0.15) is 0 Å². The van der Waals surface area contributed by atoms with Crippen molar-refractivity contribution in [2.75, 3.05) is 0 Å². The van der Waals surface area contributed by atoms with Crippen molar-refractivity contribution >= 4 is 0 Å². The highest BCUT2D eigenvalue weighted by Gasteiger charge is 2.27. The fourth-order valence-electron chi connectivity index (χ4n) is 2.20. The van der Waals surface area contributed by atoms with E-state index in [1.54, 1.807) is 0 Å². The number of aryl methyl sites for hydroxylation is 1. The van der Waals surface area contributed by atoms with E-state index in [4.69, 9.17) is 0 Å². The molecule has 0 radical (unpaired) electrons. The molecule has 3 nitrogen and oxygen atoms in total. The van der Waals surface area contributed by atoms with E-state index >= 15 is 0 Å². The fourth-order valence-corrected chi connectivity index (χ4v) is 2.20. The lowest BCUT2D eigenvalue weighted by atomic mass is 10.0. The molecule has 0 bridgehead atoms. The van der Waals surface area contributed by atoms with Crippen LogP contribution in [0.4, 0.5) is 0 Å². The summed E-state index contributed by atoms with van der Waals surface area (Å²) in [5.41, 5.74) is 1.55. The van der Waals surface area contributed by atoms with E-state index in [-0.39, 0.29) is 0 Å². The molecule has 1 aliphatic rings. The van der Waals surface area contributed by atoms with E-state index in [0.29, 0.717) is 5.54 Å². The SMILES string of the molecule is Cc1ncc(CNC2(C)CCCC2)[nH]1. The Kier molecular flexibility index (Phi) is 2.59. The van der Waals surface area contributed by atoms with Crippen molar-refractivity contribution in [1.82, 2.24) is 15.3 Å². The smallest absolute Gasteiger partial charge is 0.103 e. The number of H-pyrrole nitrogens is 1. The Labute approximate surface area is 85.3 Å². The topological polar surface area (TPSA) is 40.7 Å². The van der Waals surface area contributed by atoms with Crippen LogP contribution in [0.5, 0.6) is 0 Å². The molecule has 2 rings (SSSR count). The highest BCUT2D eigenvalue weighted by Crippen LogP contribution is 2.28. The molecule has 0 aromatic carbocycles. The number of aromatic amines is 1. The third kappa shape index (κ3) is 2.15. The first kappa shape index (κ1) is 9.71. The number of imidazole rings is 1. The summed E-state index contributed by atoms with van der Waals surface area (Å²) in [4.78, 5) is 7.43. The summed E-state index contributed by atoms with van der Waals surface area (Å²) in [5, 5.41) is 3.62. The molecule has 0 amide bonds. The molecule has 1 saturated carbocycles. The second kappa shape index (κ2) is 3.73. The first-order chi connectivity index (χ1) is 6.68. The number of nitrogens with one attached hydrogen (secondary N) is 2. The second-order valence-corrected chi connectivity index (χ2v) is 4.62. The van der Waals surface area contributed by atoms with Gasteiger partial charge in [-0.05, 0) is 26.7 Å². The van der Waals surface area contributed by atoms with Gasteiger partial charge in [0, 0.05) is 24.0 Å². The Bertz CT molecular complexity index is 297. The van der Waals surface area contributed by atoms with Gasteiger partial charge in [0.25, 0.3) is 0 Å². The Morgan fingerprint density at radius 2 is 2.21 bits per heavy atom. The lowest BCUT2D eigenvalue weighted by molar-refractivity contribution is 0.361. The van der Waals surface area contributed by atoms with Crippen LogP contribution < -0.4 is 5.32 Å². The summed E-state index contributed by atoms with van der Waals surface area (Å²) in [6.07, 6.45) is 7.26. The van der Waals surface area contributed by atoms with Crippen LogP contribution in [0.25, 0.3) is 0 Å². The third-order valence-corrected chi connectivity index (χ3v) is 3.17. The Hall–Kier alpha value is -0.830. The zero-order valence-electron chi connectivity index (χ0n) is 9.06. The number of aromatic nitrogens is 2. The minimum absolute atomic E-state index is 0.360. The maximum Gasteiger partial charge on any atom is 0.103 e. The molecular weight excluding hydrogens is 174 g/mol. The molecule has 1 aromatic rings. The van der Waals surface area contributed by atoms with Gasteiger partial charge >= 0.3 is 0 Å². The van der Waals surface area contributed by atoms with E-state index in [0.717, 1.165) is 12.4 Å². The van der Waals surface area contributed by atoms with Crippen molar-refractivity contribution in [3.63, 3.8) is 0 Å². The molecule has 1 aliphatic carbocycles. The fraction of sp³-hybridized carbons (Fsp3) is 0.727. The van der Waals surface area contributed by atoms with Gasteiger partial charge in [0.2, 0.25) is 0 Å². The van der Waals surface area contributed by atoms with Crippen LogP contribution in [0.15, 0.2) is 6.20 Å². The van der Waals surface area contributed by atoms with Crippen molar-refractivity contribution in [2.24, 2.45) is 0 Å². The maximum atomic E-state index is 4.19. The number of nitrogens with zero attached hydrogens (tertiary/aromatic N) is 1. The van der Waals surface area contributed by atoms with Crippen LogP contribution in [-0.4, -0.2) is 15.5 Å². The molecule has 0 saturated heterocycles. The van der Waals surface area contributed by atoms with Crippen LogP contribution in [0.3, 0.4) is 0 Å². The first-order valence-electron chi connectivity index (χ1n) is 5.43. The van der Waals surface area contributed by atoms with Crippen LogP contribution in [0, 0.1) is 6.92 Å². The highest BCUT2D eigenvalue weighted by atomic mass is 15.0. The average molecular weight is 193 g/mol. The van der Waals surface area contributed by atoms with Crippen LogP contribution >= 0.6 is 0 Å². The number of hydrogen-bond donors (Lipinski definition) is 2. The third-order valence-electron chi connectivity index (χ3n) is 3.17. The quantitative estimate of drug-likeness (QED) is 0.772. The first-order valence-corrected chi connectivity index (χ1v) is 5.43. The summed E-state index contributed by atoms with van der Waals surface area (Å²) >= 11 is 0. The summed E-state index contributed by atoms with van der Waals surface area (Å²) in [6.45, 7) is 5.22. The molecule has 0 aliphatic heterocycles. The van der Waals surface area contributed by atoms with E-state index in [1.807, 2.05) is 13.1 Å². The molecule has 0 unspecified atom stereocenters. The molecule has 14 heavy (non-hydrogen) atoms. The van der Waals surface area contributed by atoms with E-state index in [1.165, 1.54) is 31.4 Å². The van der Waals surface area contributed by atoms with Crippen LogP contribution in [-0.2, 0) is 6.54 Å². The van der Waals surface area contributed by atoms with Gasteiger partial charge in [0.05, 0.1) is 0 Å². The zero-order valence-corrected chi connectivity index (χ0v) is 9.06. The molecule has 1 aromatic heterocycles.